The summed E-state index contributed by atoms with van der Waals surface area (Å²) in [5.74, 6) is -0.0764. The highest BCUT2D eigenvalue weighted by atomic mass is 32.2. The highest BCUT2D eigenvalue weighted by Crippen LogP contribution is 2.08. The number of aliphatic hydroxyl groups excluding tert-OH is 1. The van der Waals surface area contributed by atoms with Crippen molar-refractivity contribution in [2.45, 2.75) is 31.9 Å². The van der Waals surface area contributed by atoms with Crippen LogP contribution in [0.1, 0.15) is 18.1 Å². The quantitative estimate of drug-likeness (QED) is 0.795. The van der Waals surface area contributed by atoms with E-state index in [1.54, 1.807) is 43.0 Å². The van der Waals surface area contributed by atoms with Crippen LogP contribution in [-0.2, 0) is 28.9 Å². The summed E-state index contributed by atoms with van der Waals surface area (Å²) in [6.07, 6.45) is 5.10. The van der Waals surface area contributed by atoms with Gasteiger partial charge < -0.3 is 9.67 Å². The van der Waals surface area contributed by atoms with Crippen LogP contribution in [0.15, 0.2) is 43.0 Å². The van der Waals surface area contributed by atoms with Gasteiger partial charge in [-0.25, -0.2) is 18.1 Å². The number of hydrogen-bond acceptors (Lipinski definition) is 4. The summed E-state index contributed by atoms with van der Waals surface area (Å²) in [5, 5.41) is 8.96. The van der Waals surface area contributed by atoms with Crippen LogP contribution in [0.2, 0.25) is 0 Å². The zero-order chi connectivity index (χ0) is 15.3. The highest BCUT2D eigenvalue weighted by Gasteiger charge is 2.15. The molecule has 0 aliphatic heterocycles. The molecule has 0 aliphatic rings. The number of sulfonamides is 1. The summed E-state index contributed by atoms with van der Waals surface area (Å²) in [4.78, 5) is 3.92. The molecule has 2 aromatic rings. The molecule has 1 aromatic carbocycles. The van der Waals surface area contributed by atoms with Gasteiger partial charge in [0.1, 0.15) is 0 Å². The zero-order valence-electron chi connectivity index (χ0n) is 11.8. The molecule has 2 rings (SSSR count). The fourth-order valence-corrected chi connectivity index (χ4v) is 3.46. The van der Waals surface area contributed by atoms with E-state index < -0.39 is 10.0 Å². The van der Waals surface area contributed by atoms with Gasteiger partial charge in [0.05, 0.1) is 18.7 Å². The number of imidazole rings is 1. The van der Waals surface area contributed by atoms with E-state index in [4.69, 9.17) is 5.11 Å². The third kappa shape index (κ3) is 4.96. The molecule has 1 aromatic heterocycles. The number of hydrogen-bond donors (Lipinski definition) is 2. The maximum absolute atomic E-state index is 12.1. The Hall–Kier alpha value is -1.70. The monoisotopic (exact) mass is 309 g/mol. The van der Waals surface area contributed by atoms with Crippen LogP contribution in [0.4, 0.5) is 0 Å². The Balaban J connectivity index is 1.94. The van der Waals surface area contributed by atoms with Crippen molar-refractivity contribution in [2.24, 2.45) is 0 Å². The van der Waals surface area contributed by atoms with Crippen molar-refractivity contribution in [3.05, 3.63) is 54.1 Å². The molecule has 2 N–H and O–H groups in total. The molecule has 1 atom stereocenters. The largest absolute Gasteiger partial charge is 0.392 e. The van der Waals surface area contributed by atoms with Gasteiger partial charge >= 0.3 is 0 Å². The molecule has 0 spiro atoms. The van der Waals surface area contributed by atoms with E-state index in [0.29, 0.717) is 12.1 Å². The van der Waals surface area contributed by atoms with Crippen LogP contribution in [0.3, 0.4) is 0 Å². The van der Waals surface area contributed by atoms with Gasteiger partial charge in [-0.2, -0.15) is 0 Å². The van der Waals surface area contributed by atoms with Crippen molar-refractivity contribution in [3.63, 3.8) is 0 Å². The molecule has 1 unspecified atom stereocenters. The smallest absolute Gasteiger partial charge is 0.216 e. The van der Waals surface area contributed by atoms with Gasteiger partial charge in [0.2, 0.25) is 10.0 Å². The van der Waals surface area contributed by atoms with Crippen molar-refractivity contribution in [3.8, 4) is 0 Å². The number of rotatable bonds is 7. The topological polar surface area (TPSA) is 84.2 Å². The molecule has 21 heavy (non-hydrogen) atoms. The standard InChI is InChI=1S/C14H19N3O3S/c1-12(8-17-7-6-15-11-17)16-21(19,20)10-14-4-2-13(9-18)3-5-14/h2-7,11-12,16,18H,8-10H2,1H3. The molecule has 0 saturated carbocycles. The minimum absolute atomic E-state index is 0.0484. The number of nitrogens with one attached hydrogen (secondary N) is 1. The van der Waals surface area contributed by atoms with Crippen molar-refractivity contribution in [2.75, 3.05) is 0 Å². The molecule has 0 amide bonds. The van der Waals surface area contributed by atoms with E-state index >= 15 is 0 Å². The van der Waals surface area contributed by atoms with Gasteiger partial charge in [-0.1, -0.05) is 24.3 Å². The van der Waals surface area contributed by atoms with Crippen LogP contribution in [0.5, 0.6) is 0 Å². The van der Waals surface area contributed by atoms with Gasteiger partial charge in [0.15, 0.2) is 0 Å². The van der Waals surface area contributed by atoms with Crippen LogP contribution >= 0.6 is 0 Å². The first-order chi connectivity index (χ1) is 9.98. The van der Waals surface area contributed by atoms with E-state index in [0.717, 1.165) is 5.56 Å². The van der Waals surface area contributed by atoms with Crippen molar-refractivity contribution in [1.82, 2.24) is 14.3 Å². The molecule has 0 fully saturated rings. The SMILES string of the molecule is CC(Cn1ccnc1)NS(=O)(=O)Cc1ccc(CO)cc1. The normalized spacial score (nSPS) is 13.2. The molecule has 7 heteroatoms. The maximum Gasteiger partial charge on any atom is 0.216 e. The third-order valence-electron chi connectivity index (χ3n) is 2.99. The van der Waals surface area contributed by atoms with E-state index in [1.165, 1.54) is 0 Å². The maximum atomic E-state index is 12.1. The average Bonchev–Trinajstić information content (AvgIpc) is 2.91. The Morgan fingerprint density at radius 1 is 1.29 bits per heavy atom. The zero-order valence-corrected chi connectivity index (χ0v) is 12.6. The number of nitrogens with zero attached hydrogens (tertiary/aromatic N) is 2. The first-order valence-electron chi connectivity index (χ1n) is 6.63. The van der Waals surface area contributed by atoms with Crippen molar-refractivity contribution in [1.29, 1.82) is 0 Å². The molecule has 6 nitrogen and oxygen atoms in total. The molecular weight excluding hydrogens is 290 g/mol. The summed E-state index contributed by atoms with van der Waals surface area (Å²) in [7, 11) is -3.40. The number of benzene rings is 1. The summed E-state index contributed by atoms with van der Waals surface area (Å²) >= 11 is 0. The summed E-state index contributed by atoms with van der Waals surface area (Å²) < 4.78 is 28.7. The first kappa shape index (κ1) is 15.7. The number of aromatic nitrogens is 2. The van der Waals surface area contributed by atoms with Crippen LogP contribution in [-0.4, -0.2) is 29.1 Å². The Morgan fingerprint density at radius 3 is 2.52 bits per heavy atom. The molecule has 114 valence electrons. The molecule has 0 saturated heterocycles. The second-order valence-electron chi connectivity index (χ2n) is 5.01. The van der Waals surface area contributed by atoms with Crippen molar-refractivity contribution < 1.29 is 13.5 Å². The Kier molecular flexibility index (Phi) is 5.11. The minimum Gasteiger partial charge on any atom is -0.392 e. The highest BCUT2D eigenvalue weighted by molar-refractivity contribution is 7.88. The molecule has 0 aliphatic carbocycles. The Labute approximate surface area is 124 Å². The lowest BCUT2D eigenvalue weighted by atomic mass is 10.2. The van der Waals surface area contributed by atoms with E-state index in [9.17, 15) is 8.42 Å². The van der Waals surface area contributed by atoms with E-state index in [-0.39, 0.29) is 18.4 Å². The third-order valence-corrected chi connectivity index (χ3v) is 4.46. The van der Waals surface area contributed by atoms with Crippen LogP contribution < -0.4 is 4.72 Å². The lowest BCUT2D eigenvalue weighted by Gasteiger charge is -2.14. The summed E-state index contributed by atoms with van der Waals surface area (Å²) in [6.45, 7) is 2.29. The second-order valence-corrected chi connectivity index (χ2v) is 6.77. The Bertz CT molecular complexity index is 651. The number of aliphatic hydroxyl groups is 1. The second kappa shape index (κ2) is 6.84. The fourth-order valence-electron chi connectivity index (χ4n) is 2.06. The lowest BCUT2D eigenvalue weighted by molar-refractivity contribution is 0.282. The van der Waals surface area contributed by atoms with Gasteiger partial charge in [-0.3, -0.25) is 0 Å². The van der Waals surface area contributed by atoms with E-state index in [1.807, 2.05) is 11.5 Å². The molecule has 0 bridgehead atoms. The summed E-state index contributed by atoms with van der Waals surface area (Å²) in [5.41, 5.74) is 1.45. The van der Waals surface area contributed by atoms with Crippen LogP contribution in [0, 0.1) is 0 Å². The van der Waals surface area contributed by atoms with Gasteiger partial charge in [0.25, 0.3) is 0 Å². The van der Waals surface area contributed by atoms with Gasteiger partial charge in [-0.05, 0) is 18.1 Å². The van der Waals surface area contributed by atoms with Gasteiger partial charge in [0, 0.05) is 25.0 Å². The minimum atomic E-state index is -3.40. The predicted molar refractivity (Wildman–Crippen MR) is 79.8 cm³/mol. The molecule has 1 heterocycles. The van der Waals surface area contributed by atoms with Crippen molar-refractivity contribution >= 4 is 10.0 Å². The van der Waals surface area contributed by atoms with Crippen LogP contribution in [0.25, 0.3) is 0 Å². The molecule has 0 radical (unpaired) electrons. The van der Waals surface area contributed by atoms with E-state index in [2.05, 4.69) is 9.71 Å². The fraction of sp³-hybridized carbons (Fsp3) is 0.357. The predicted octanol–water partition coefficient (Wildman–Crippen LogP) is 0.883. The van der Waals surface area contributed by atoms with Gasteiger partial charge in [-0.15, -0.1) is 0 Å². The average molecular weight is 309 g/mol. The molecular formula is C14H19N3O3S. The Morgan fingerprint density at radius 2 is 1.95 bits per heavy atom. The first-order valence-corrected chi connectivity index (χ1v) is 8.28. The lowest BCUT2D eigenvalue weighted by Crippen LogP contribution is -2.36. The summed E-state index contributed by atoms with van der Waals surface area (Å²) in [6, 6.07) is 6.65.